The van der Waals surface area contributed by atoms with E-state index in [0.29, 0.717) is 30.2 Å². The van der Waals surface area contributed by atoms with E-state index in [1.807, 2.05) is 39.1 Å². The summed E-state index contributed by atoms with van der Waals surface area (Å²) in [6.07, 6.45) is 1.84. The highest BCUT2D eigenvalue weighted by atomic mass is 16.5. The molecule has 102 valence electrons. The van der Waals surface area contributed by atoms with Crippen LogP contribution in [0.1, 0.15) is 30.0 Å². The summed E-state index contributed by atoms with van der Waals surface area (Å²) in [6, 6.07) is 3.69. The van der Waals surface area contributed by atoms with Gasteiger partial charge in [0.15, 0.2) is 11.4 Å². The smallest absolute Gasteiger partial charge is 0.272 e. The Bertz CT molecular complexity index is 600. The van der Waals surface area contributed by atoms with Gasteiger partial charge in [-0.15, -0.1) is 0 Å². The number of hydrogen-bond acceptors (Lipinski definition) is 3. The Morgan fingerprint density at radius 2 is 2.11 bits per heavy atom. The lowest BCUT2D eigenvalue weighted by molar-refractivity contribution is 0.0765. The Morgan fingerprint density at radius 3 is 2.68 bits per heavy atom. The van der Waals surface area contributed by atoms with Crippen LogP contribution in [-0.4, -0.2) is 40.4 Å². The molecule has 0 atom stereocenters. The van der Waals surface area contributed by atoms with E-state index in [0.717, 1.165) is 5.69 Å². The molecule has 0 spiro atoms. The lowest BCUT2D eigenvalue weighted by atomic mass is 10.3. The van der Waals surface area contributed by atoms with Gasteiger partial charge in [0.25, 0.3) is 5.91 Å². The molecule has 2 heterocycles. The van der Waals surface area contributed by atoms with Crippen LogP contribution in [0.4, 0.5) is 0 Å². The third-order valence-electron chi connectivity index (χ3n) is 3.26. The Labute approximate surface area is 112 Å². The molecule has 2 aromatic rings. The van der Waals surface area contributed by atoms with Crippen LogP contribution in [0.3, 0.4) is 0 Å². The van der Waals surface area contributed by atoms with Gasteiger partial charge >= 0.3 is 0 Å². The van der Waals surface area contributed by atoms with E-state index in [4.69, 9.17) is 4.74 Å². The number of rotatable bonds is 4. The molecule has 0 unspecified atom stereocenters. The van der Waals surface area contributed by atoms with Crippen molar-refractivity contribution in [3.8, 4) is 5.75 Å². The van der Waals surface area contributed by atoms with Gasteiger partial charge in [0.05, 0.1) is 12.8 Å². The largest absolute Gasteiger partial charge is 0.493 e. The third-order valence-corrected chi connectivity index (χ3v) is 3.26. The number of amides is 1. The number of carbonyl (C=O) groups excluding carboxylic acids is 1. The first-order chi connectivity index (χ1) is 9.13. The van der Waals surface area contributed by atoms with Crippen LogP contribution in [0.25, 0.3) is 5.65 Å². The Balaban J connectivity index is 2.61. The van der Waals surface area contributed by atoms with Crippen molar-refractivity contribution in [2.24, 2.45) is 0 Å². The van der Waals surface area contributed by atoms with Gasteiger partial charge in [-0.3, -0.25) is 9.20 Å². The van der Waals surface area contributed by atoms with Crippen molar-refractivity contribution >= 4 is 11.6 Å². The number of aryl methyl sites for hydroxylation is 1. The minimum Gasteiger partial charge on any atom is -0.493 e. The first-order valence-corrected chi connectivity index (χ1v) is 6.44. The third kappa shape index (κ3) is 2.16. The van der Waals surface area contributed by atoms with Crippen LogP contribution in [0.15, 0.2) is 18.3 Å². The molecule has 0 bridgehead atoms. The summed E-state index contributed by atoms with van der Waals surface area (Å²) in [6.45, 7) is 7.17. The molecule has 0 aliphatic heterocycles. The minimum atomic E-state index is 0.00301. The van der Waals surface area contributed by atoms with E-state index < -0.39 is 0 Å². The molecule has 5 nitrogen and oxygen atoms in total. The van der Waals surface area contributed by atoms with Gasteiger partial charge in [-0.25, -0.2) is 4.98 Å². The molecule has 2 rings (SSSR count). The first kappa shape index (κ1) is 13.4. The highest BCUT2D eigenvalue weighted by Gasteiger charge is 2.21. The van der Waals surface area contributed by atoms with Crippen LogP contribution < -0.4 is 4.74 Å². The molecule has 19 heavy (non-hydrogen) atoms. The molecular weight excluding hydrogens is 242 g/mol. The fourth-order valence-corrected chi connectivity index (χ4v) is 2.23. The molecule has 5 heteroatoms. The van der Waals surface area contributed by atoms with Crippen LogP contribution >= 0.6 is 0 Å². The molecular formula is C14H19N3O2. The molecule has 1 amide bonds. The van der Waals surface area contributed by atoms with Gasteiger partial charge in [0.1, 0.15) is 5.69 Å². The summed E-state index contributed by atoms with van der Waals surface area (Å²) in [4.78, 5) is 18.8. The second-order valence-corrected chi connectivity index (χ2v) is 4.29. The number of fused-ring (bicyclic) bond motifs is 1. The molecule has 0 saturated heterocycles. The van der Waals surface area contributed by atoms with E-state index >= 15 is 0 Å². The fourth-order valence-electron chi connectivity index (χ4n) is 2.23. The molecule has 0 saturated carbocycles. The molecule has 0 N–H and O–H groups in total. The molecule has 0 aliphatic rings. The molecule has 0 aromatic carbocycles. The van der Waals surface area contributed by atoms with Gasteiger partial charge in [-0.2, -0.15) is 0 Å². The van der Waals surface area contributed by atoms with Gasteiger partial charge in [0, 0.05) is 19.3 Å². The number of ether oxygens (including phenoxy) is 1. The lowest BCUT2D eigenvalue weighted by Gasteiger charge is -2.18. The zero-order chi connectivity index (χ0) is 14.0. The van der Waals surface area contributed by atoms with E-state index in [9.17, 15) is 4.79 Å². The lowest BCUT2D eigenvalue weighted by Crippen LogP contribution is -2.31. The summed E-state index contributed by atoms with van der Waals surface area (Å²) in [7, 11) is 1.60. The van der Waals surface area contributed by atoms with Gasteiger partial charge in [-0.1, -0.05) is 0 Å². The average Bonchev–Trinajstić information content (AvgIpc) is 2.75. The minimum absolute atomic E-state index is 0.00301. The monoisotopic (exact) mass is 261 g/mol. The van der Waals surface area contributed by atoms with E-state index in [2.05, 4.69) is 4.98 Å². The van der Waals surface area contributed by atoms with E-state index in [1.165, 1.54) is 0 Å². The van der Waals surface area contributed by atoms with Crippen LogP contribution in [-0.2, 0) is 0 Å². The van der Waals surface area contributed by atoms with Crippen molar-refractivity contribution in [1.82, 2.24) is 14.3 Å². The zero-order valence-corrected chi connectivity index (χ0v) is 11.8. The number of aromatic nitrogens is 2. The summed E-state index contributed by atoms with van der Waals surface area (Å²) in [5.74, 6) is 0.674. The second kappa shape index (κ2) is 5.30. The van der Waals surface area contributed by atoms with Crippen molar-refractivity contribution in [3.63, 3.8) is 0 Å². The number of pyridine rings is 1. The van der Waals surface area contributed by atoms with Gasteiger partial charge in [-0.05, 0) is 32.9 Å². The van der Waals surface area contributed by atoms with Crippen LogP contribution in [0.5, 0.6) is 5.75 Å². The highest BCUT2D eigenvalue weighted by molar-refractivity contribution is 5.95. The normalized spacial score (nSPS) is 10.7. The predicted molar refractivity (Wildman–Crippen MR) is 73.7 cm³/mol. The Morgan fingerprint density at radius 1 is 1.42 bits per heavy atom. The maximum absolute atomic E-state index is 12.5. The van der Waals surface area contributed by atoms with Gasteiger partial charge in [0.2, 0.25) is 0 Å². The number of carbonyl (C=O) groups is 1. The molecule has 0 fully saturated rings. The Hall–Kier alpha value is -2.04. The topological polar surface area (TPSA) is 46.8 Å². The second-order valence-electron chi connectivity index (χ2n) is 4.29. The number of methoxy groups -OCH3 is 1. The van der Waals surface area contributed by atoms with E-state index in [1.54, 1.807) is 16.4 Å². The zero-order valence-electron chi connectivity index (χ0n) is 11.8. The number of imidazole rings is 1. The van der Waals surface area contributed by atoms with Crippen molar-refractivity contribution in [1.29, 1.82) is 0 Å². The van der Waals surface area contributed by atoms with Crippen molar-refractivity contribution in [2.45, 2.75) is 20.8 Å². The summed E-state index contributed by atoms with van der Waals surface area (Å²) in [5, 5.41) is 0. The average molecular weight is 261 g/mol. The van der Waals surface area contributed by atoms with Crippen molar-refractivity contribution in [3.05, 3.63) is 29.7 Å². The summed E-state index contributed by atoms with van der Waals surface area (Å²) in [5.41, 5.74) is 2.01. The maximum Gasteiger partial charge on any atom is 0.272 e. The molecule has 0 radical (unpaired) electrons. The summed E-state index contributed by atoms with van der Waals surface area (Å²) >= 11 is 0. The molecule has 0 aliphatic carbocycles. The highest BCUT2D eigenvalue weighted by Crippen LogP contribution is 2.22. The standard InChI is InChI=1S/C14H19N3O2/c1-5-16(6-2)14(18)12-10(3)15-13-11(19-4)8-7-9-17(12)13/h7-9H,5-6H2,1-4H3. The summed E-state index contributed by atoms with van der Waals surface area (Å²) < 4.78 is 7.08. The Kier molecular flexibility index (Phi) is 3.74. The van der Waals surface area contributed by atoms with E-state index in [-0.39, 0.29) is 5.91 Å². The number of hydrogen-bond donors (Lipinski definition) is 0. The van der Waals surface area contributed by atoms with Gasteiger partial charge < -0.3 is 9.64 Å². The van der Waals surface area contributed by atoms with Crippen LogP contribution in [0, 0.1) is 6.92 Å². The first-order valence-electron chi connectivity index (χ1n) is 6.44. The quantitative estimate of drug-likeness (QED) is 0.847. The van der Waals surface area contributed by atoms with Crippen LogP contribution in [0.2, 0.25) is 0 Å². The fraction of sp³-hybridized carbons (Fsp3) is 0.429. The number of nitrogens with zero attached hydrogens (tertiary/aromatic N) is 3. The van der Waals surface area contributed by atoms with Crippen molar-refractivity contribution in [2.75, 3.05) is 20.2 Å². The maximum atomic E-state index is 12.5. The predicted octanol–water partition coefficient (Wildman–Crippen LogP) is 2.13. The molecule has 2 aromatic heterocycles. The van der Waals surface area contributed by atoms with Crippen molar-refractivity contribution < 1.29 is 9.53 Å². The SMILES string of the molecule is CCN(CC)C(=O)c1c(C)nc2c(OC)cccn12.